The number of hydrogen-bond donors (Lipinski definition) is 0. The number of halogens is 1. The molecule has 2 heterocycles. The SMILES string of the molecule is CCN(CC)S(=O)(=O)c1ccc2c(c1)CCCN2C(=O)c1ccc(Cl)s1. The molecule has 0 atom stereocenters. The number of anilines is 1. The van der Waals surface area contributed by atoms with Crippen LogP contribution in [0.5, 0.6) is 0 Å². The molecule has 0 fully saturated rings. The zero-order chi connectivity index (χ0) is 18.9. The second-order valence-electron chi connectivity index (χ2n) is 6.04. The van der Waals surface area contributed by atoms with Crippen LogP contribution in [0.3, 0.4) is 0 Å². The number of amides is 1. The van der Waals surface area contributed by atoms with Crippen LogP contribution in [-0.4, -0.2) is 38.3 Å². The molecule has 0 spiro atoms. The zero-order valence-corrected chi connectivity index (χ0v) is 17.1. The molecule has 1 aromatic heterocycles. The molecule has 1 aliphatic rings. The minimum absolute atomic E-state index is 0.0952. The largest absolute Gasteiger partial charge is 0.307 e. The van der Waals surface area contributed by atoms with Crippen molar-refractivity contribution >= 4 is 44.6 Å². The number of fused-ring (bicyclic) bond motifs is 1. The fraction of sp³-hybridized carbons (Fsp3) is 0.389. The lowest BCUT2D eigenvalue weighted by Gasteiger charge is -2.30. The number of hydrogen-bond acceptors (Lipinski definition) is 4. The summed E-state index contributed by atoms with van der Waals surface area (Å²) in [5.74, 6) is -0.0952. The molecular formula is C18H21ClN2O3S2. The minimum atomic E-state index is -3.51. The molecule has 5 nitrogen and oxygen atoms in total. The molecule has 1 aromatic carbocycles. The Labute approximate surface area is 163 Å². The van der Waals surface area contributed by atoms with Crippen molar-refractivity contribution < 1.29 is 13.2 Å². The van der Waals surface area contributed by atoms with Crippen LogP contribution in [0.15, 0.2) is 35.2 Å². The highest BCUT2D eigenvalue weighted by atomic mass is 35.5. The van der Waals surface area contributed by atoms with E-state index in [2.05, 4.69) is 0 Å². The Morgan fingerprint density at radius 1 is 1.23 bits per heavy atom. The molecule has 0 radical (unpaired) electrons. The molecule has 1 amide bonds. The average molecular weight is 413 g/mol. The second kappa shape index (κ2) is 7.68. The predicted molar refractivity (Wildman–Crippen MR) is 106 cm³/mol. The third kappa shape index (κ3) is 3.53. The van der Waals surface area contributed by atoms with Crippen LogP contribution >= 0.6 is 22.9 Å². The first-order valence-corrected chi connectivity index (χ1v) is 11.2. The topological polar surface area (TPSA) is 57.7 Å². The Hall–Kier alpha value is -1.41. The first kappa shape index (κ1) is 19.4. The third-order valence-corrected chi connectivity index (χ3v) is 7.81. The average Bonchev–Trinajstić information content (AvgIpc) is 3.07. The van der Waals surface area contributed by atoms with Crippen molar-refractivity contribution in [3.8, 4) is 0 Å². The summed E-state index contributed by atoms with van der Waals surface area (Å²) in [6.07, 6.45) is 1.55. The Balaban J connectivity index is 1.96. The maximum atomic E-state index is 12.8. The molecule has 3 rings (SSSR count). The summed E-state index contributed by atoms with van der Waals surface area (Å²) in [6.45, 7) is 5.13. The number of rotatable bonds is 5. The van der Waals surface area contributed by atoms with Crippen molar-refractivity contribution in [1.82, 2.24) is 4.31 Å². The van der Waals surface area contributed by atoms with Crippen molar-refractivity contribution in [1.29, 1.82) is 0 Å². The Kier molecular flexibility index (Phi) is 5.72. The van der Waals surface area contributed by atoms with Crippen LogP contribution in [0, 0.1) is 0 Å². The quantitative estimate of drug-likeness (QED) is 0.745. The number of aryl methyl sites for hydroxylation is 1. The van der Waals surface area contributed by atoms with Crippen LogP contribution in [0.2, 0.25) is 4.34 Å². The maximum absolute atomic E-state index is 12.8. The third-order valence-electron chi connectivity index (χ3n) is 4.54. The normalized spacial score (nSPS) is 14.5. The van der Waals surface area contributed by atoms with Gasteiger partial charge < -0.3 is 4.90 Å². The summed E-state index contributed by atoms with van der Waals surface area (Å²) in [6, 6.07) is 8.49. The van der Waals surface area contributed by atoms with E-state index in [0.717, 1.165) is 24.1 Å². The van der Waals surface area contributed by atoms with Crippen molar-refractivity contribution in [2.24, 2.45) is 0 Å². The van der Waals surface area contributed by atoms with E-state index in [-0.39, 0.29) is 10.8 Å². The van der Waals surface area contributed by atoms with Crippen molar-refractivity contribution in [3.63, 3.8) is 0 Å². The summed E-state index contributed by atoms with van der Waals surface area (Å²) >= 11 is 7.20. The van der Waals surface area contributed by atoms with Crippen LogP contribution < -0.4 is 4.90 Å². The predicted octanol–water partition coefficient (Wildman–Crippen LogP) is 4.03. The highest BCUT2D eigenvalue weighted by Crippen LogP contribution is 2.33. The van der Waals surface area contributed by atoms with Gasteiger partial charge in [-0.15, -0.1) is 11.3 Å². The molecule has 140 valence electrons. The fourth-order valence-electron chi connectivity index (χ4n) is 3.22. The van der Waals surface area contributed by atoms with Gasteiger partial charge in [-0.2, -0.15) is 4.31 Å². The molecule has 0 aliphatic carbocycles. The van der Waals surface area contributed by atoms with E-state index < -0.39 is 10.0 Å². The molecule has 2 aromatic rings. The Morgan fingerprint density at radius 3 is 2.58 bits per heavy atom. The van der Waals surface area contributed by atoms with Crippen molar-refractivity contribution in [3.05, 3.63) is 45.1 Å². The highest BCUT2D eigenvalue weighted by molar-refractivity contribution is 7.89. The number of carbonyl (C=O) groups excluding carboxylic acids is 1. The van der Waals surface area contributed by atoms with Gasteiger partial charge >= 0.3 is 0 Å². The summed E-state index contributed by atoms with van der Waals surface area (Å²) < 4.78 is 27.5. The first-order valence-electron chi connectivity index (χ1n) is 8.58. The summed E-state index contributed by atoms with van der Waals surface area (Å²) in [5.41, 5.74) is 1.67. The van der Waals surface area contributed by atoms with Gasteiger partial charge in [0.15, 0.2) is 0 Å². The highest BCUT2D eigenvalue weighted by Gasteiger charge is 2.28. The van der Waals surface area contributed by atoms with E-state index in [1.165, 1.54) is 15.6 Å². The van der Waals surface area contributed by atoms with E-state index in [9.17, 15) is 13.2 Å². The van der Waals surface area contributed by atoms with Crippen molar-refractivity contribution in [2.75, 3.05) is 24.5 Å². The van der Waals surface area contributed by atoms with E-state index in [4.69, 9.17) is 11.6 Å². The van der Waals surface area contributed by atoms with Crippen LogP contribution in [0.4, 0.5) is 5.69 Å². The number of carbonyl (C=O) groups is 1. The van der Waals surface area contributed by atoms with E-state index >= 15 is 0 Å². The number of nitrogens with zero attached hydrogens (tertiary/aromatic N) is 2. The van der Waals surface area contributed by atoms with E-state index in [0.29, 0.717) is 28.8 Å². The van der Waals surface area contributed by atoms with Crippen LogP contribution in [0.1, 0.15) is 35.5 Å². The lowest BCUT2D eigenvalue weighted by molar-refractivity contribution is 0.0989. The lowest BCUT2D eigenvalue weighted by Crippen LogP contribution is -2.35. The van der Waals surface area contributed by atoms with Gasteiger partial charge in [0.1, 0.15) is 0 Å². The molecule has 26 heavy (non-hydrogen) atoms. The first-order chi connectivity index (χ1) is 12.4. The molecule has 0 N–H and O–H groups in total. The van der Waals surface area contributed by atoms with Gasteiger partial charge in [0.25, 0.3) is 5.91 Å². The molecule has 8 heteroatoms. The van der Waals surface area contributed by atoms with Gasteiger partial charge in [0.05, 0.1) is 14.1 Å². The van der Waals surface area contributed by atoms with Gasteiger partial charge in [-0.1, -0.05) is 25.4 Å². The van der Waals surface area contributed by atoms with Crippen molar-refractivity contribution in [2.45, 2.75) is 31.6 Å². The van der Waals surface area contributed by atoms with E-state index in [1.54, 1.807) is 35.2 Å². The van der Waals surface area contributed by atoms with Gasteiger partial charge in [0.2, 0.25) is 10.0 Å². The van der Waals surface area contributed by atoms with Gasteiger partial charge in [0, 0.05) is 25.3 Å². The fourth-order valence-corrected chi connectivity index (χ4v) is 5.72. The smallest absolute Gasteiger partial charge is 0.268 e. The maximum Gasteiger partial charge on any atom is 0.268 e. The molecule has 0 unspecified atom stereocenters. The molecule has 0 bridgehead atoms. The summed E-state index contributed by atoms with van der Waals surface area (Å²) in [4.78, 5) is 15.4. The molecular weight excluding hydrogens is 392 g/mol. The molecule has 0 saturated heterocycles. The number of thiophene rings is 1. The molecule has 1 aliphatic heterocycles. The van der Waals surface area contributed by atoms with Gasteiger partial charge in [-0.05, 0) is 48.7 Å². The lowest BCUT2D eigenvalue weighted by atomic mass is 10.0. The summed E-state index contributed by atoms with van der Waals surface area (Å²) in [7, 11) is -3.51. The molecule has 0 saturated carbocycles. The Morgan fingerprint density at radius 2 is 1.96 bits per heavy atom. The van der Waals surface area contributed by atoms with Crippen LogP contribution in [0.25, 0.3) is 0 Å². The number of sulfonamides is 1. The zero-order valence-electron chi connectivity index (χ0n) is 14.7. The number of benzene rings is 1. The minimum Gasteiger partial charge on any atom is -0.307 e. The van der Waals surface area contributed by atoms with Gasteiger partial charge in [-0.3, -0.25) is 4.79 Å². The van der Waals surface area contributed by atoms with E-state index in [1.807, 2.05) is 13.8 Å². The van der Waals surface area contributed by atoms with Crippen LogP contribution in [-0.2, 0) is 16.4 Å². The second-order valence-corrected chi connectivity index (χ2v) is 9.70. The van der Waals surface area contributed by atoms with Gasteiger partial charge in [-0.25, -0.2) is 8.42 Å². The standard InChI is InChI=1S/C18H21ClN2O3S2/c1-3-20(4-2)26(23,24)14-7-8-15-13(12-14)6-5-11-21(15)18(22)16-9-10-17(19)25-16/h7-10,12H,3-6,11H2,1-2H3. The summed E-state index contributed by atoms with van der Waals surface area (Å²) in [5, 5.41) is 0. The Bertz CT molecular complexity index is 920. The monoisotopic (exact) mass is 412 g/mol.